The zero-order valence-electron chi connectivity index (χ0n) is 19.8. The van der Waals surface area contributed by atoms with Crippen LogP contribution in [-0.4, -0.2) is 69.4 Å². The van der Waals surface area contributed by atoms with Gasteiger partial charge in [-0.25, -0.2) is 13.4 Å². The van der Waals surface area contributed by atoms with Gasteiger partial charge in [-0.1, -0.05) is 45.0 Å². The third kappa shape index (κ3) is 7.10. The van der Waals surface area contributed by atoms with Gasteiger partial charge in [0, 0.05) is 37.1 Å². The third-order valence-electron chi connectivity index (χ3n) is 6.01. The molecule has 4 rings (SSSR count). The number of halogens is 1. The first kappa shape index (κ1) is 26.2. The lowest BCUT2D eigenvalue weighted by Crippen LogP contribution is -2.39. The van der Waals surface area contributed by atoms with Crippen molar-refractivity contribution in [1.29, 1.82) is 0 Å². The molecular formula is C25H30BrN3O4S2. The van der Waals surface area contributed by atoms with Crippen molar-refractivity contribution in [2.24, 2.45) is 0 Å². The highest BCUT2D eigenvalue weighted by Gasteiger charge is 2.22. The van der Waals surface area contributed by atoms with E-state index in [0.717, 1.165) is 59.5 Å². The number of rotatable bonds is 10. The maximum absolute atomic E-state index is 13.3. The van der Waals surface area contributed by atoms with Crippen molar-refractivity contribution in [1.82, 2.24) is 9.88 Å². The largest absolute Gasteiger partial charge is 0.379 e. The van der Waals surface area contributed by atoms with Gasteiger partial charge in [0.1, 0.15) is 0 Å². The number of fused-ring (bicyclic) bond motifs is 1. The molecule has 35 heavy (non-hydrogen) atoms. The van der Waals surface area contributed by atoms with Crippen LogP contribution in [-0.2, 0) is 19.4 Å². The molecule has 0 bridgehead atoms. The van der Waals surface area contributed by atoms with Gasteiger partial charge in [-0.15, -0.1) is 0 Å². The number of nitrogens with zero attached hydrogens (tertiary/aromatic N) is 3. The fraction of sp³-hybridized carbons (Fsp3) is 0.440. The van der Waals surface area contributed by atoms with E-state index >= 15 is 0 Å². The number of ether oxygens (including phenoxy) is 1. The second-order valence-electron chi connectivity index (χ2n) is 8.70. The molecule has 10 heteroatoms. The Hall–Kier alpha value is -1.85. The smallest absolute Gasteiger partial charge is 0.228 e. The Morgan fingerprint density at radius 2 is 1.89 bits per heavy atom. The van der Waals surface area contributed by atoms with E-state index < -0.39 is 9.84 Å². The van der Waals surface area contributed by atoms with Crippen LogP contribution in [0.3, 0.4) is 0 Å². The topological polar surface area (TPSA) is 79.8 Å². The summed E-state index contributed by atoms with van der Waals surface area (Å²) in [6.07, 6.45) is 1.24. The minimum atomic E-state index is -3.43. The van der Waals surface area contributed by atoms with Crippen LogP contribution < -0.4 is 4.90 Å². The quantitative estimate of drug-likeness (QED) is 0.347. The monoisotopic (exact) mass is 579 g/mol. The molecule has 0 spiro atoms. The van der Waals surface area contributed by atoms with Crippen LogP contribution in [0.2, 0.25) is 0 Å². The number of hydrogen-bond acceptors (Lipinski definition) is 7. The van der Waals surface area contributed by atoms with E-state index in [9.17, 15) is 13.2 Å². The van der Waals surface area contributed by atoms with Gasteiger partial charge < -0.3 is 4.74 Å². The van der Waals surface area contributed by atoms with Gasteiger partial charge in [0.2, 0.25) is 5.91 Å². The summed E-state index contributed by atoms with van der Waals surface area (Å²) in [4.78, 5) is 22.4. The summed E-state index contributed by atoms with van der Waals surface area (Å²) in [5.41, 5.74) is 1.86. The number of anilines is 1. The van der Waals surface area contributed by atoms with E-state index in [1.165, 1.54) is 11.3 Å². The summed E-state index contributed by atoms with van der Waals surface area (Å²) < 4.78 is 32.8. The third-order valence-corrected chi connectivity index (χ3v) is 9.37. The first-order chi connectivity index (χ1) is 16.8. The molecule has 2 aromatic carbocycles. The highest BCUT2D eigenvalue weighted by molar-refractivity contribution is 9.10. The van der Waals surface area contributed by atoms with E-state index in [1.807, 2.05) is 25.1 Å². The summed E-state index contributed by atoms with van der Waals surface area (Å²) >= 11 is 4.98. The van der Waals surface area contributed by atoms with Gasteiger partial charge in [0.15, 0.2) is 15.0 Å². The van der Waals surface area contributed by atoms with Gasteiger partial charge in [-0.2, -0.15) is 0 Å². The molecule has 1 saturated heterocycles. The van der Waals surface area contributed by atoms with E-state index in [-0.39, 0.29) is 24.5 Å². The average molecular weight is 581 g/mol. The SMILES string of the molecule is Cc1ccc(S(=O)(=O)CCCC(=O)N(CCCN2CCOCC2)c2nc3ccc(Br)cc3s2)cc1. The molecule has 0 N–H and O–H groups in total. The maximum atomic E-state index is 13.3. The molecule has 3 aromatic rings. The van der Waals surface area contributed by atoms with Crippen LogP contribution >= 0.6 is 27.3 Å². The summed E-state index contributed by atoms with van der Waals surface area (Å²) in [6, 6.07) is 12.7. The fourth-order valence-corrected chi connectivity index (χ4v) is 6.89. The number of carbonyl (C=O) groups is 1. The zero-order chi connectivity index (χ0) is 24.8. The number of carbonyl (C=O) groups excluding carboxylic acids is 1. The molecule has 0 atom stereocenters. The number of thiazole rings is 1. The molecule has 1 aliphatic rings. The summed E-state index contributed by atoms with van der Waals surface area (Å²) in [6.45, 7) is 6.63. The number of benzene rings is 2. The lowest BCUT2D eigenvalue weighted by Gasteiger charge is -2.27. The molecule has 7 nitrogen and oxygen atoms in total. The molecule has 0 saturated carbocycles. The highest BCUT2D eigenvalue weighted by Crippen LogP contribution is 2.31. The first-order valence-electron chi connectivity index (χ1n) is 11.8. The number of aryl methyl sites for hydroxylation is 1. The molecular weight excluding hydrogens is 550 g/mol. The van der Waals surface area contributed by atoms with Crippen molar-refractivity contribution in [3.05, 3.63) is 52.5 Å². The van der Waals surface area contributed by atoms with Crippen LogP contribution in [0.4, 0.5) is 5.13 Å². The van der Waals surface area contributed by atoms with Gasteiger partial charge in [-0.05, 0) is 50.1 Å². The van der Waals surface area contributed by atoms with E-state index in [1.54, 1.807) is 29.2 Å². The Labute approximate surface area is 219 Å². The molecule has 0 unspecified atom stereocenters. The average Bonchev–Trinajstić information content (AvgIpc) is 3.25. The number of amides is 1. The van der Waals surface area contributed by atoms with Crippen molar-refractivity contribution in [2.45, 2.75) is 31.1 Å². The minimum Gasteiger partial charge on any atom is -0.379 e. The van der Waals surface area contributed by atoms with Crippen molar-refractivity contribution in [3.8, 4) is 0 Å². The normalized spacial score (nSPS) is 14.9. The molecule has 0 radical (unpaired) electrons. The second kappa shape index (κ2) is 11.9. The standard InChI is InChI=1S/C25H30BrN3O4S2/c1-19-5-8-21(9-6-19)35(31,32)17-2-4-24(30)29(12-3-11-28-13-15-33-16-14-28)25-27-22-10-7-20(26)18-23(22)34-25/h5-10,18H,2-4,11-17H2,1H3. The number of aromatic nitrogens is 1. The highest BCUT2D eigenvalue weighted by atomic mass is 79.9. The maximum Gasteiger partial charge on any atom is 0.228 e. The minimum absolute atomic E-state index is 0.0593. The molecule has 1 aliphatic heterocycles. The second-order valence-corrected chi connectivity index (χ2v) is 12.7. The Bertz CT molecular complexity index is 1260. The van der Waals surface area contributed by atoms with Gasteiger partial charge in [-0.3, -0.25) is 14.6 Å². The van der Waals surface area contributed by atoms with Crippen LogP contribution in [0.5, 0.6) is 0 Å². The van der Waals surface area contributed by atoms with Gasteiger partial charge >= 0.3 is 0 Å². The summed E-state index contributed by atoms with van der Waals surface area (Å²) in [7, 11) is -3.43. The Morgan fingerprint density at radius 3 is 2.63 bits per heavy atom. The van der Waals surface area contributed by atoms with Crippen LogP contribution in [0.1, 0.15) is 24.8 Å². The van der Waals surface area contributed by atoms with E-state index in [2.05, 4.69) is 20.8 Å². The van der Waals surface area contributed by atoms with Crippen molar-refractivity contribution in [2.75, 3.05) is 50.0 Å². The molecule has 1 aromatic heterocycles. The lowest BCUT2D eigenvalue weighted by molar-refractivity contribution is -0.118. The molecule has 188 valence electrons. The lowest BCUT2D eigenvalue weighted by atomic mass is 10.2. The Balaban J connectivity index is 1.42. The van der Waals surface area contributed by atoms with Crippen molar-refractivity contribution >= 4 is 58.4 Å². The predicted molar refractivity (Wildman–Crippen MR) is 144 cm³/mol. The van der Waals surface area contributed by atoms with Gasteiger partial charge in [0.25, 0.3) is 0 Å². The van der Waals surface area contributed by atoms with Crippen LogP contribution in [0, 0.1) is 6.92 Å². The number of morpholine rings is 1. The van der Waals surface area contributed by atoms with Crippen molar-refractivity contribution in [3.63, 3.8) is 0 Å². The summed E-state index contributed by atoms with van der Waals surface area (Å²) in [5, 5.41) is 0.659. The fourth-order valence-electron chi connectivity index (χ4n) is 4.02. The zero-order valence-corrected chi connectivity index (χ0v) is 23.0. The van der Waals surface area contributed by atoms with Crippen LogP contribution in [0.15, 0.2) is 51.8 Å². The summed E-state index contributed by atoms with van der Waals surface area (Å²) in [5.74, 6) is -0.153. The molecule has 2 heterocycles. The predicted octanol–water partition coefficient (Wildman–Crippen LogP) is 4.68. The Morgan fingerprint density at radius 1 is 1.14 bits per heavy atom. The molecule has 1 fully saturated rings. The van der Waals surface area contributed by atoms with Gasteiger partial charge in [0.05, 0.1) is 34.1 Å². The molecule has 0 aliphatic carbocycles. The first-order valence-corrected chi connectivity index (χ1v) is 15.0. The van der Waals surface area contributed by atoms with Crippen LogP contribution in [0.25, 0.3) is 10.2 Å². The van der Waals surface area contributed by atoms with E-state index in [0.29, 0.717) is 16.6 Å². The van der Waals surface area contributed by atoms with E-state index in [4.69, 9.17) is 9.72 Å². The van der Waals surface area contributed by atoms with Crippen molar-refractivity contribution < 1.29 is 17.9 Å². The number of sulfone groups is 1. The Kier molecular flexibility index (Phi) is 8.93. The number of hydrogen-bond donors (Lipinski definition) is 0. The molecule has 1 amide bonds.